The highest BCUT2D eigenvalue weighted by Crippen LogP contribution is 2.35. The first-order chi connectivity index (χ1) is 19.7. The van der Waals surface area contributed by atoms with Gasteiger partial charge in [-0.15, -0.1) is 0 Å². The Hall–Kier alpha value is -4.54. The molecule has 0 amide bonds. The number of rotatable bonds is 10. The van der Waals surface area contributed by atoms with Gasteiger partial charge in [-0.25, -0.2) is 0 Å². The van der Waals surface area contributed by atoms with E-state index in [9.17, 15) is 23.3 Å². The third-order valence-electron chi connectivity index (χ3n) is 5.85. The van der Waals surface area contributed by atoms with Crippen molar-refractivity contribution >= 4 is 17.2 Å². The molecule has 0 aliphatic rings. The Balaban J connectivity index is 0.000000656. The molecule has 8 N–H and O–H groups in total. The predicted molar refractivity (Wildman–Crippen MR) is 167 cm³/mol. The summed E-state index contributed by atoms with van der Waals surface area (Å²) < 4.78 is 36.6. The van der Waals surface area contributed by atoms with Crippen molar-refractivity contribution in [1.82, 2.24) is 0 Å². The number of aliphatic imine (C=N–C) groups is 1. The van der Waals surface area contributed by atoms with Gasteiger partial charge in [0.1, 0.15) is 5.84 Å². The van der Waals surface area contributed by atoms with Gasteiger partial charge in [-0.2, -0.15) is 13.2 Å². The fraction of sp³-hybridized carbons (Fsp3) is 0.323. The molecule has 0 aliphatic heterocycles. The Morgan fingerprint density at radius 1 is 1.10 bits per heavy atom. The van der Waals surface area contributed by atoms with E-state index in [1.165, 1.54) is 5.56 Å². The molecule has 0 aromatic heterocycles. The van der Waals surface area contributed by atoms with Crippen LogP contribution in [0.2, 0.25) is 0 Å². The van der Waals surface area contributed by atoms with Crippen LogP contribution in [0, 0.1) is 16.0 Å². The second-order valence-electron chi connectivity index (χ2n) is 9.08. The van der Waals surface area contributed by atoms with E-state index in [1.54, 1.807) is 6.08 Å². The van der Waals surface area contributed by atoms with E-state index in [2.05, 4.69) is 68.8 Å². The first-order valence-corrected chi connectivity index (χ1v) is 13.4. The normalized spacial score (nSPS) is 13.2. The van der Waals surface area contributed by atoms with Crippen LogP contribution in [0.3, 0.4) is 0 Å². The van der Waals surface area contributed by atoms with Gasteiger partial charge < -0.3 is 22.9 Å². The lowest BCUT2D eigenvalue weighted by molar-refractivity contribution is -0.385. The third kappa shape index (κ3) is 14.7. The molecule has 2 aromatic rings. The minimum Gasteiger partial charge on any atom is -0.400 e. The molecule has 0 bridgehead atoms. The average molecular weight is 589 g/mol. The smallest absolute Gasteiger partial charge is 0.400 e. The summed E-state index contributed by atoms with van der Waals surface area (Å²) in [4.78, 5) is 13.6. The van der Waals surface area contributed by atoms with Crippen LogP contribution in [0.4, 0.5) is 24.5 Å². The fourth-order valence-corrected chi connectivity index (χ4v) is 2.97. The summed E-state index contributed by atoms with van der Waals surface area (Å²) in [5.41, 5.74) is 23.5. The summed E-state index contributed by atoms with van der Waals surface area (Å²) in [6.07, 6.45) is 6.09. The Labute approximate surface area is 246 Å². The molecule has 2 rings (SSSR count). The van der Waals surface area contributed by atoms with Crippen LogP contribution < -0.4 is 22.9 Å². The molecule has 0 saturated heterocycles. The lowest BCUT2D eigenvalue weighted by Crippen LogP contribution is -2.25. The van der Waals surface area contributed by atoms with Crippen LogP contribution in [0.5, 0.6) is 0 Å². The monoisotopic (exact) mass is 588 g/mol. The van der Waals surface area contributed by atoms with E-state index >= 15 is 0 Å². The van der Waals surface area contributed by atoms with Crippen molar-refractivity contribution in [3.8, 4) is 0 Å². The summed E-state index contributed by atoms with van der Waals surface area (Å²) >= 11 is 0. The van der Waals surface area contributed by atoms with E-state index in [0.29, 0.717) is 36.3 Å². The number of nitro groups is 1. The molecule has 11 heteroatoms. The van der Waals surface area contributed by atoms with E-state index in [-0.39, 0.29) is 5.84 Å². The highest BCUT2D eigenvalue weighted by atomic mass is 19.4. The topological polar surface area (TPSA) is 160 Å². The number of aryl methyl sites for hydroxylation is 1. The minimum atomic E-state index is -4.67. The van der Waals surface area contributed by atoms with Gasteiger partial charge in [-0.1, -0.05) is 95.3 Å². The molecule has 8 nitrogen and oxygen atoms in total. The van der Waals surface area contributed by atoms with Crippen molar-refractivity contribution in [3.05, 3.63) is 118 Å². The van der Waals surface area contributed by atoms with Crippen LogP contribution in [-0.2, 0) is 12.6 Å². The molecule has 230 valence electrons. The van der Waals surface area contributed by atoms with Crippen LogP contribution >= 0.6 is 0 Å². The number of nitrogens with zero attached hydrogens (tertiary/aromatic N) is 2. The van der Waals surface area contributed by atoms with Crippen LogP contribution in [0.15, 0.2) is 101 Å². The molecule has 0 radical (unpaired) electrons. The zero-order chi connectivity index (χ0) is 32.3. The summed E-state index contributed by atoms with van der Waals surface area (Å²) in [7, 11) is 0. The third-order valence-corrected chi connectivity index (χ3v) is 5.85. The zero-order valence-electron chi connectivity index (χ0n) is 24.7. The van der Waals surface area contributed by atoms with E-state index in [0.717, 1.165) is 30.5 Å². The highest BCUT2D eigenvalue weighted by Gasteiger charge is 2.34. The fourth-order valence-electron chi connectivity index (χ4n) is 2.97. The second-order valence-corrected chi connectivity index (χ2v) is 9.08. The number of amidine groups is 1. The Morgan fingerprint density at radius 3 is 2.17 bits per heavy atom. The maximum absolute atomic E-state index is 12.2. The molecule has 0 saturated carbocycles. The molecular weight excluding hydrogens is 545 g/mol. The summed E-state index contributed by atoms with van der Waals surface area (Å²) in [5, 5.41) is 10.2. The van der Waals surface area contributed by atoms with Crippen molar-refractivity contribution < 1.29 is 18.1 Å². The van der Waals surface area contributed by atoms with E-state index < -0.39 is 28.0 Å². The summed E-state index contributed by atoms with van der Waals surface area (Å²) in [5.74, 6) is 0.821. The largest absolute Gasteiger partial charge is 0.418 e. The summed E-state index contributed by atoms with van der Waals surface area (Å²) in [6, 6.07) is 12.7. The molecule has 0 heterocycles. The number of nitrogen functional groups attached to an aromatic ring is 1. The predicted octanol–water partition coefficient (Wildman–Crippen LogP) is 7.04. The first kappa shape index (κ1) is 37.5. The molecule has 0 fully saturated rings. The number of alkyl halides is 3. The van der Waals surface area contributed by atoms with Crippen molar-refractivity contribution in [2.45, 2.75) is 53.1 Å². The summed E-state index contributed by atoms with van der Waals surface area (Å²) in [6.45, 7) is 12.6. The number of hydrogen-bond donors (Lipinski definition) is 4. The second kappa shape index (κ2) is 19.5. The lowest BCUT2D eigenvalue weighted by atomic mass is 10.1. The van der Waals surface area contributed by atoms with Gasteiger partial charge in [-0.3, -0.25) is 15.1 Å². The number of allylic oxidation sites excluding steroid dienone is 4. The molecule has 2 aromatic carbocycles. The van der Waals surface area contributed by atoms with Crippen LogP contribution in [-0.4, -0.2) is 17.3 Å². The maximum Gasteiger partial charge on any atom is 0.418 e. The van der Waals surface area contributed by atoms with Crippen molar-refractivity contribution in [2.24, 2.45) is 28.1 Å². The zero-order valence-corrected chi connectivity index (χ0v) is 24.7. The maximum atomic E-state index is 12.2. The number of anilines is 1. The van der Waals surface area contributed by atoms with E-state index in [1.807, 2.05) is 19.1 Å². The van der Waals surface area contributed by atoms with Crippen molar-refractivity contribution in [3.63, 3.8) is 0 Å². The lowest BCUT2D eigenvalue weighted by Gasteiger charge is -2.08. The molecule has 0 spiro atoms. The Morgan fingerprint density at radius 2 is 1.71 bits per heavy atom. The van der Waals surface area contributed by atoms with Gasteiger partial charge >= 0.3 is 6.18 Å². The van der Waals surface area contributed by atoms with E-state index in [4.69, 9.17) is 22.9 Å². The number of halogens is 3. The van der Waals surface area contributed by atoms with Gasteiger partial charge in [0.25, 0.3) is 5.69 Å². The highest BCUT2D eigenvalue weighted by molar-refractivity contribution is 5.96. The van der Waals surface area contributed by atoms with Gasteiger partial charge in [-0.05, 0) is 36.0 Å². The van der Waals surface area contributed by atoms with Crippen LogP contribution in [0.25, 0.3) is 0 Å². The molecule has 42 heavy (non-hydrogen) atoms. The van der Waals surface area contributed by atoms with Gasteiger partial charge in [0.2, 0.25) is 0 Å². The number of hydrogen-bond acceptors (Lipinski definition) is 6. The quantitative estimate of drug-likeness (QED) is 0.0581. The number of benzene rings is 2. The molecule has 1 atom stereocenters. The van der Waals surface area contributed by atoms with Crippen LogP contribution in [0.1, 0.15) is 51.7 Å². The molecule has 1 unspecified atom stereocenters. The first-order valence-electron chi connectivity index (χ1n) is 13.4. The number of nitrogens with two attached hydrogens (primary N) is 4. The molecule has 0 aliphatic carbocycles. The van der Waals surface area contributed by atoms with Gasteiger partial charge in [0.05, 0.1) is 22.7 Å². The Kier molecular flexibility index (Phi) is 17.4. The molecular formula is C31H43F3N6O2. The average Bonchev–Trinajstić information content (AvgIpc) is 2.97. The number of nitro benzene ring substituents is 1. The van der Waals surface area contributed by atoms with Crippen molar-refractivity contribution in [2.75, 3.05) is 12.3 Å². The Bertz CT molecular complexity index is 1250. The van der Waals surface area contributed by atoms with Crippen molar-refractivity contribution in [1.29, 1.82) is 0 Å². The standard InChI is InChI=1S/C16H28N4.C8H10.C7H5F3N2O2/c1-5-8-13(10-9-12(4)6-2)11-20-16(19)15(18)14(17)7-3;1-2-8-6-4-3-5-7-8;8-7(9,10)5-3-4(12(13)14)1-2-6(5)11/h5,8-10,12H,1,6-7,11,17-18H2,2-4H3,(H2,19,20);3-7H,2H2,1H3;1-3H,11H2/b10-9-,13-8+,15-14+;;. The number of non-ortho nitro benzene ring substituents is 1. The SMILES string of the molecule is C=C/C=C(\C=C/C(C)CC)CN=C(N)/C(N)=C(\N)CC.CCc1ccccc1.Nc1ccc([N+](=O)[O-])cc1C(F)(F)F. The van der Waals surface area contributed by atoms with Gasteiger partial charge in [0.15, 0.2) is 0 Å². The van der Waals surface area contributed by atoms with Gasteiger partial charge in [0, 0.05) is 23.5 Å². The minimum absolute atomic E-state index is 0.288.